The van der Waals surface area contributed by atoms with E-state index in [2.05, 4.69) is 0 Å². The first-order chi connectivity index (χ1) is 11.5. The molecule has 5 nitrogen and oxygen atoms in total. The van der Waals surface area contributed by atoms with Gasteiger partial charge in [-0.15, -0.1) is 0 Å². The maximum Gasteiger partial charge on any atom is 0.254 e. The molecule has 0 atom stereocenters. The number of hydrogen-bond donors (Lipinski definition) is 0. The third-order valence-corrected chi connectivity index (χ3v) is 4.19. The number of methoxy groups -OCH3 is 1. The summed E-state index contributed by atoms with van der Waals surface area (Å²) in [6.45, 7) is 0.441. The Morgan fingerprint density at radius 1 is 1.25 bits per heavy atom. The lowest BCUT2D eigenvalue weighted by Gasteiger charge is -2.19. The van der Waals surface area contributed by atoms with Crippen molar-refractivity contribution in [1.29, 1.82) is 0 Å². The summed E-state index contributed by atoms with van der Waals surface area (Å²) in [5.74, 6) is 1.41. The van der Waals surface area contributed by atoms with E-state index in [1.165, 1.54) is 0 Å². The zero-order valence-electron chi connectivity index (χ0n) is 13.1. The van der Waals surface area contributed by atoms with Crippen LogP contribution < -0.4 is 14.2 Å². The van der Waals surface area contributed by atoms with Gasteiger partial charge in [0.05, 0.1) is 12.1 Å². The van der Waals surface area contributed by atoms with Crippen LogP contribution in [-0.4, -0.2) is 31.8 Å². The summed E-state index contributed by atoms with van der Waals surface area (Å²) in [5.41, 5.74) is 1.24. The van der Waals surface area contributed by atoms with Crippen molar-refractivity contribution in [2.75, 3.05) is 21.0 Å². The maximum absolute atomic E-state index is 12.7. The Hall–Kier alpha value is -2.11. The number of carbonyl (C=O) groups is 1. The first-order valence-corrected chi connectivity index (χ1v) is 7.92. The molecular formula is C17H15Cl2NO4. The van der Waals surface area contributed by atoms with E-state index in [1.54, 1.807) is 49.4 Å². The van der Waals surface area contributed by atoms with Gasteiger partial charge in [0.1, 0.15) is 5.75 Å². The van der Waals surface area contributed by atoms with Crippen molar-refractivity contribution in [3.05, 3.63) is 51.5 Å². The SMILES string of the molecule is COc1ccc(Cl)cc1CN(C)C(=O)c1cc(Cl)c2c(c1)OCO2. The maximum atomic E-state index is 12.7. The van der Waals surface area contributed by atoms with Crippen LogP contribution in [0.4, 0.5) is 0 Å². The first-order valence-electron chi connectivity index (χ1n) is 7.16. The molecule has 0 bridgehead atoms. The van der Waals surface area contributed by atoms with Gasteiger partial charge in [-0.3, -0.25) is 4.79 Å². The molecule has 0 spiro atoms. The van der Waals surface area contributed by atoms with Gasteiger partial charge in [-0.25, -0.2) is 0 Å². The van der Waals surface area contributed by atoms with E-state index in [1.807, 2.05) is 0 Å². The Labute approximate surface area is 149 Å². The number of fused-ring (bicyclic) bond motifs is 1. The highest BCUT2D eigenvalue weighted by atomic mass is 35.5. The van der Waals surface area contributed by atoms with Crippen molar-refractivity contribution in [2.45, 2.75) is 6.54 Å². The van der Waals surface area contributed by atoms with Crippen LogP contribution in [0.15, 0.2) is 30.3 Å². The van der Waals surface area contributed by atoms with Crippen LogP contribution >= 0.6 is 23.2 Å². The predicted octanol–water partition coefficient (Wildman–Crippen LogP) is 4.00. The molecule has 1 aliphatic heterocycles. The zero-order valence-corrected chi connectivity index (χ0v) is 14.6. The summed E-state index contributed by atoms with van der Waals surface area (Å²) >= 11 is 12.2. The molecule has 0 aliphatic carbocycles. The van der Waals surface area contributed by atoms with Gasteiger partial charge in [0.15, 0.2) is 11.5 Å². The molecule has 1 amide bonds. The molecule has 0 unspecified atom stereocenters. The average molecular weight is 368 g/mol. The van der Waals surface area contributed by atoms with E-state index in [9.17, 15) is 4.79 Å². The molecule has 2 aromatic rings. The Morgan fingerprint density at radius 3 is 2.79 bits per heavy atom. The third kappa shape index (κ3) is 3.23. The van der Waals surface area contributed by atoms with Crippen LogP contribution in [0.3, 0.4) is 0 Å². The lowest BCUT2D eigenvalue weighted by Crippen LogP contribution is -2.26. The van der Waals surface area contributed by atoms with Crippen molar-refractivity contribution >= 4 is 29.1 Å². The molecule has 1 aliphatic rings. The fraction of sp³-hybridized carbons (Fsp3) is 0.235. The monoisotopic (exact) mass is 367 g/mol. The second-order valence-corrected chi connectivity index (χ2v) is 6.15. The number of amides is 1. The van der Waals surface area contributed by atoms with Crippen LogP contribution in [0.25, 0.3) is 0 Å². The second-order valence-electron chi connectivity index (χ2n) is 5.31. The van der Waals surface area contributed by atoms with E-state index < -0.39 is 0 Å². The lowest BCUT2D eigenvalue weighted by molar-refractivity contribution is 0.0784. The lowest BCUT2D eigenvalue weighted by atomic mass is 10.1. The van der Waals surface area contributed by atoms with Crippen molar-refractivity contribution < 1.29 is 19.0 Å². The Bertz CT molecular complexity index is 794. The summed E-state index contributed by atoms with van der Waals surface area (Å²) in [6, 6.07) is 8.49. The molecule has 7 heteroatoms. The first kappa shape index (κ1) is 16.7. The van der Waals surface area contributed by atoms with Gasteiger partial charge in [-0.05, 0) is 30.3 Å². The predicted molar refractivity (Wildman–Crippen MR) is 91.4 cm³/mol. The van der Waals surface area contributed by atoms with Gasteiger partial charge in [0.25, 0.3) is 5.91 Å². The van der Waals surface area contributed by atoms with Crippen LogP contribution in [0, 0.1) is 0 Å². The summed E-state index contributed by atoms with van der Waals surface area (Å²) < 4.78 is 15.9. The van der Waals surface area contributed by atoms with E-state index in [0.29, 0.717) is 39.4 Å². The van der Waals surface area contributed by atoms with E-state index in [4.69, 9.17) is 37.4 Å². The fourth-order valence-electron chi connectivity index (χ4n) is 2.51. The van der Waals surface area contributed by atoms with Crippen molar-refractivity contribution in [2.24, 2.45) is 0 Å². The summed E-state index contributed by atoms with van der Waals surface area (Å²) in [6.07, 6.45) is 0. The smallest absolute Gasteiger partial charge is 0.254 e. The van der Waals surface area contributed by atoms with Crippen molar-refractivity contribution in [3.8, 4) is 17.2 Å². The minimum Gasteiger partial charge on any atom is -0.496 e. The normalized spacial score (nSPS) is 12.2. The van der Waals surface area contributed by atoms with Crippen LogP contribution in [0.5, 0.6) is 17.2 Å². The van der Waals surface area contributed by atoms with E-state index in [-0.39, 0.29) is 12.7 Å². The number of hydrogen-bond acceptors (Lipinski definition) is 4. The molecule has 2 aromatic carbocycles. The van der Waals surface area contributed by atoms with Gasteiger partial charge in [-0.2, -0.15) is 0 Å². The number of benzene rings is 2. The number of rotatable bonds is 4. The Balaban J connectivity index is 1.83. The molecule has 0 saturated heterocycles. The third-order valence-electron chi connectivity index (χ3n) is 3.67. The van der Waals surface area contributed by atoms with Crippen LogP contribution in [0.2, 0.25) is 10.0 Å². The van der Waals surface area contributed by atoms with Gasteiger partial charge in [-0.1, -0.05) is 23.2 Å². The summed E-state index contributed by atoms with van der Waals surface area (Å²) in [5, 5.41) is 0.930. The minimum absolute atomic E-state index is 0.0995. The van der Waals surface area contributed by atoms with Crippen LogP contribution in [-0.2, 0) is 6.54 Å². The molecule has 126 valence electrons. The number of halogens is 2. The van der Waals surface area contributed by atoms with Gasteiger partial charge >= 0.3 is 0 Å². The van der Waals surface area contributed by atoms with Gasteiger partial charge < -0.3 is 19.1 Å². The standard InChI is InChI=1S/C17H15Cl2NO4/c1-20(8-11-5-12(18)3-4-14(11)22-2)17(21)10-6-13(19)16-15(7-10)23-9-24-16/h3-7H,8-9H2,1-2H3. The Kier molecular flexibility index (Phi) is 4.73. The Morgan fingerprint density at radius 2 is 2.04 bits per heavy atom. The molecule has 0 saturated carbocycles. The average Bonchev–Trinajstić information content (AvgIpc) is 3.03. The zero-order chi connectivity index (χ0) is 17.3. The van der Waals surface area contributed by atoms with Crippen molar-refractivity contribution in [3.63, 3.8) is 0 Å². The second kappa shape index (κ2) is 6.79. The van der Waals surface area contributed by atoms with E-state index in [0.717, 1.165) is 5.56 Å². The van der Waals surface area contributed by atoms with E-state index >= 15 is 0 Å². The molecule has 1 heterocycles. The molecule has 0 radical (unpaired) electrons. The van der Waals surface area contributed by atoms with Crippen LogP contribution in [0.1, 0.15) is 15.9 Å². The minimum atomic E-state index is -0.197. The fourth-order valence-corrected chi connectivity index (χ4v) is 2.97. The molecule has 24 heavy (non-hydrogen) atoms. The molecule has 0 fully saturated rings. The summed E-state index contributed by atoms with van der Waals surface area (Å²) in [4.78, 5) is 14.2. The molecule has 0 N–H and O–H groups in total. The molecular weight excluding hydrogens is 353 g/mol. The molecule has 3 rings (SSSR count). The topological polar surface area (TPSA) is 48.0 Å². The largest absolute Gasteiger partial charge is 0.496 e. The quantitative estimate of drug-likeness (QED) is 0.819. The number of nitrogens with zero attached hydrogens (tertiary/aromatic N) is 1. The molecule has 0 aromatic heterocycles. The highest BCUT2D eigenvalue weighted by Crippen LogP contribution is 2.40. The summed E-state index contributed by atoms with van der Waals surface area (Å²) in [7, 11) is 3.27. The van der Waals surface area contributed by atoms with Gasteiger partial charge in [0.2, 0.25) is 6.79 Å². The number of carbonyl (C=O) groups excluding carboxylic acids is 1. The highest BCUT2D eigenvalue weighted by molar-refractivity contribution is 6.32. The number of ether oxygens (including phenoxy) is 3. The van der Waals surface area contributed by atoms with Crippen molar-refractivity contribution in [1.82, 2.24) is 4.90 Å². The van der Waals surface area contributed by atoms with Gasteiger partial charge in [0, 0.05) is 29.7 Å². The highest BCUT2D eigenvalue weighted by Gasteiger charge is 2.22.